The maximum Gasteiger partial charge on any atom is 0.299 e. The Labute approximate surface area is 165 Å². The fraction of sp³-hybridized carbons (Fsp3) is 0.360. The molecule has 2 aliphatic carbocycles. The zero-order valence-electron chi connectivity index (χ0n) is 16.8. The Morgan fingerprint density at radius 1 is 0.778 bits per heavy atom. The Morgan fingerprint density at radius 2 is 1.33 bits per heavy atom. The lowest BCUT2D eigenvalue weighted by molar-refractivity contribution is 0.410. The number of benzene rings is 2. The lowest BCUT2D eigenvalue weighted by Gasteiger charge is -2.27. The molecule has 0 saturated carbocycles. The van der Waals surface area contributed by atoms with Crippen molar-refractivity contribution < 1.29 is 4.43 Å². The summed E-state index contributed by atoms with van der Waals surface area (Å²) in [6.07, 6.45) is 6.20. The summed E-state index contributed by atoms with van der Waals surface area (Å²) in [7, 11) is -1.77. The monoisotopic (exact) mass is 374 g/mol. The van der Waals surface area contributed by atoms with Crippen molar-refractivity contribution in [2.75, 3.05) is 0 Å². The first-order valence-electron chi connectivity index (χ1n) is 10.3. The fourth-order valence-electron chi connectivity index (χ4n) is 4.36. The van der Waals surface area contributed by atoms with Crippen molar-refractivity contribution in [2.45, 2.75) is 52.9 Å². The molecule has 0 aliphatic heterocycles. The molecule has 0 saturated heterocycles. The Hall–Kier alpha value is -2.06. The van der Waals surface area contributed by atoms with Gasteiger partial charge in [-0.15, -0.1) is 0 Å². The number of rotatable bonds is 4. The molecule has 0 unspecified atom stereocenters. The van der Waals surface area contributed by atoms with Crippen LogP contribution in [-0.4, -0.2) is 9.04 Å². The minimum atomic E-state index is -1.77. The van der Waals surface area contributed by atoms with Gasteiger partial charge >= 0.3 is 0 Å². The second-order valence-electron chi connectivity index (χ2n) is 8.84. The van der Waals surface area contributed by atoms with E-state index in [1.807, 2.05) is 0 Å². The van der Waals surface area contributed by atoms with Crippen molar-refractivity contribution in [1.29, 1.82) is 0 Å². The molecule has 27 heavy (non-hydrogen) atoms. The Kier molecular flexibility index (Phi) is 5.10. The van der Waals surface area contributed by atoms with Gasteiger partial charge in [0.05, 0.1) is 0 Å². The van der Waals surface area contributed by atoms with Crippen LogP contribution in [0.3, 0.4) is 0 Å². The van der Waals surface area contributed by atoms with Crippen molar-refractivity contribution in [1.82, 2.24) is 0 Å². The maximum atomic E-state index is 7.05. The van der Waals surface area contributed by atoms with Gasteiger partial charge in [0.15, 0.2) is 0 Å². The predicted molar refractivity (Wildman–Crippen MR) is 117 cm³/mol. The molecule has 2 aromatic rings. The lowest BCUT2D eigenvalue weighted by atomic mass is 9.84. The lowest BCUT2D eigenvalue weighted by Crippen LogP contribution is -2.45. The van der Waals surface area contributed by atoms with E-state index in [9.17, 15) is 0 Å². The van der Waals surface area contributed by atoms with Gasteiger partial charge < -0.3 is 4.43 Å². The second-order valence-corrected chi connectivity index (χ2v) is 11.2. The predicted octanol–water partition coefficient (Wildman–Crippen LogP) is 5.12. The van der Waals surface area contributed by atoms with Crippen molar-refractivity contribution in [3.8, 4) is 0 Å². The van der Waals surface area contributed by atoms with Gasteiger partial charge in [-0.1, -0.05) is 87.0 Å². The van der Waals surface area contributed by atoms with E-state index in [2.05, 4.69) is 81.4 Å². The minimum Gasteiger partial charge on any atom is -0.537 e. The Balaban J connectivity index is 1.78. The molecule has 0 aromatic heterocycles. The van der Waals surface area contributed by atoms with E-state index in [4.69, 9.17) is 4.43 Å². The van der Waals surface area contributed by atoms with E-state index in [0.29, 0.717) is 0 Å². The molecule has 4 rings (SSSR count). The zero-order chi connectivity index (χ0) is 18.9. The summed E-state index contributed by atoms with van der Waals surface area (Å²) in [5.74, 6) is 1.25. The molecule has 0 bridgehead atoms. The first-order valence-corrected chi connectivity index (χ1v) is 11.9. The van der Waals surface area contributed by atoms with Gasteiger partial charge in [-0.3, -0.25) is 0 Å². The molecule has 0 spiro atoms. The summed E-state index contributed by atoms with van der Waals surface area (Å²) in [4.78, 5) is 0. The number of hydrogen-bond donors (Lipinski definition) is 0. The maximum absolute atomic E-state index is 7.05. The van der Waals surface area contributed by atoms with Crippen LogP contribution in [0.15, 0.2) is 83.1 Å². The minimum absolute atomic E-state index is 0.152. The Morgan fingerprint density at radius 3 is 1.89 bits per heavy atom. The Bertz CT molecular complexity index is 817. The average Bonchev–Trinajstić information content (AvgIpc) is 3.06. The van der Waals surface area contributed by atoms with E-state index >= 15 is 0 Å². The highest BCUT2D eigenvalue weighted by atomic mass is 28.3. The van der Waals surface area contributed by atoms with Gasteiger partial charge in [0.25, 0.3) is 9.04 Å². The quantitative estimate of drug-likeness (QED) is 0.675. The largest absolute Gasteiger partial charge is 0.537 e. The highest BCUT2D eigenvalue weighted by Crippen LogP contribution is 2.47. The van der Waals surface area contributed by atoms with Crippen LogP contribution < -0.4 is 10.4 Å². The summed E-state index contributed by atoms with van der Waals surface area (Å²) in [6.45, 7) is 7.02. The molecule has 0 N–H and O–H groups in total. The molecule has 0 radical (unpaired) electrons. The van der Waals surface area contributed by atoms with E-state index in [-0.39, 0.29) is 5.41 Å². The van der Waals surface area contributed by atoms with E-state index < -0.39 is 9.04 Å². The van der Waals surface area contributed by atoms with Crippen LogP contribution in [0, 0.1) is 5.41 Å². The zero-order valence-corrected chi connectivity index (χ0v) is 17.9. The average molecular weight is 375 g/mol. The summed E-state index contributed by atoms with van der Waals surface area (Å²) in [5.41, 5.74) is 4.85. The van der Waals surface area contributed by atoms with Gasteiger partial charge in [-0.25, -0.2) is 0 Å². The van der Waals surface area contributed by atoms with E-state index in [0.717, 1.165) is 6.42 Å². The van der Waals surface area contributed by atoms with Crippen LogP contribution >= 0.6 is 0 Å². The fourth-order valence-corrected chi connectivity index (χ4v) is 6.68. The summed E-state index contributed by atoms with van der Waals surface area (Å²) < 4.78 is 7.05. The number of allylic oxidation sites excluding steroid dienone is 3. The molecule has 140 valence electrons. The van der Waals surface area contributed by atoms with Crippen LogP contribution in [-0.2, 0) is 4.43 Å². The normalized spacial score (nSPS) is 17.5. The smallest absolute Gasteiger partial charge is 0.299 e. The van der Waals surface area contributed by atoms with Gasteiger partial charge in [-0.2, -0.15) is 0 Å². The van der Waals surface area contributed by atoms with Crippen LogP contribution in [0.5, 0.6) is 0 Å². The van der Waals surface area contributed by atoms with Crippen molar-refractivity contribution in [2.24, 2.45) is 5.41 Å². The van der Waals surface area contributed by atoms with Crippen LogP contribution in [0.25, 0.3) is 0 Å². The van der Waals surface area contributed by atoms with E-state index in [1.165, 1.54) is 53.0 Å². The van der Waals surface area contributed by atoms with Gasteiger partial charge in [0.2, 0.25) is 0 Å². The number of hydrogen-bond acceptors (Lipinski definition) is 1. The molecule has 2 aromatic carbocycles. The van der Waals surface area contributed by atoms with Crippen molar-refractivity contribution in [3.05, 3.63) is 83.1 Å². The summed E-state index contributed by atoms with van der Waals surface area (Å²) in [5, 5.41) is 2.71. The second kappa shape index (κ2) is 7.51. The first kappa shape index (κ1) is 18.3. The molecule has 0 atom stereocenters. The summed E-state index contributed by atoms with van der Waals surface area (Å²) >= 11 is 0. The molecule has 1 nitrogen and oxygen atoms in total. The van der Waals surface area contributed by atoms with Gasteiger partial charge in [0, 0.05) is 0 Å². The third kappa shape index (κ3) is 3.82. The van der Waals surface area contributed by atoms with Crippen LogP contribution in [0.2, 0.25) is 0 Å². The van der Waals surface area contributed by atoms with E-state index in [1.54, 1.807) is 5.57 Å². The molecular weight excluding hydrogens is 344 g/mol. The van der Waals surface area contributed by atoms with Crippen LogP contribution in [0.1, 0.15) is 52.9 Å². The molecule has 0 amide bonds. The standard InChI is InChI=1S/C25H30OSi/c1-25(2,3)23-18-19-12-10-11-17-22(19)24(23)26-27(20-13-6-4-7-14-20)21-15-8-5-9-16-21/h4-9,13-16,27H,10-12,17-18H2,1-3H3. The van der Waals surface area contributed by atoms with Gasteiger partial charge in [-0.05, 0) is 59.0 Å². The highest BCUT2D eigenvalue weighted by molar-refractivity contribution is 6.80. The molecule has 2 aliphatic rings. The third-order valence-corrected chi connectivity index (χ3v) is 8.32. The molecule has 2 heteroatoms. The highest BCUT2D eigenvalue weighted by Gasteiger charge is 2.35. The van der Waals surface area contributed by atoms with Crippen molar-refractivity contribution in [3.63, 3.8) is 0 Å². The first-order chi connectivity index (χ1) is 13.0. The molecule has 0 fully saturated rings. The molecule has 0 heterocycles. The summed E-state index contributed by atoms with van der Waals surface area (Å²) in [6, 6.07) is 21.7. The van der Waals surface area contributed by atoms with Crippen LogP contribution in [0.4, 0.5) is 0 Å². The topological polar surface area (TPSA) is 9.23 Å². The van der Waals surface area contributed by atoms with Gasteiger partial charge in [0.1, 0.15) is 5.76 Å². The van der Waals surface area contributed by atoms with Crippen molar-refractivity contribution >= 4 is 19.4 Å². The SMILES string of the molecule is CC(C)(C)C1=C(O[SiH](c2ccccc2)c2ccccc2)C2=C(CCCC2)C1. The third-order valence-electron chi connectivity index (χ3n) is 5.87. The molecular formula is C25H30OSi.